The minimum Gasteiger partial charge on any atom is -0.469 e. The van der Waals surface area contributed by atoms with Gasteiger partial charge in [0.05, 0.1) is 18.6 Å². The van der Waals surface area contributed by atoms with Gasteiger partial charge in [-0.05, 0) is 36.9 Å². The van der Waals surface area contributed by atoms with Crippen molar-refractivity contribution in [2.45, 2.75) is 25.8 Å². The van der Waals surface area contributed by atoms with Gasteiger partial charge in [-0.2, -0.15) is 0 Å². The van der Waals surface area contributed by atoms with E-state index in [4.69, 9.17) is 4.74 Å². The van der Waals surface area contributed by atoms with Crippen LogP contribution in [0, 0.1) is 5.92 Å². The van der Waals surface area contributed by atoms with Crippen molar-refractivity contribution in [2.24, 2.45) is 5.92 Å². The smallest absolute Gasteiger partial charge is 0.310 e. The molecule has 1 atom stereocenters. The highest BCUT2D eigenvalue weighted by atomic mass is 16.5. The summed E-state index contributed by atoms with van der Waals surface area (Å²) in [7, 11) is 1.40. The maximum atomic E-state index is 12.8. The van der Waals surface area contributed by atoms with E-state index in [0.29, 0.717) is 18.7 Å². The van der Waals surface area contributed by atoms with Gasteiger partial charge >= 0.3 is 5.97 Å². The van der Waals surface area contributed by atoms with Crippen LogP contribution >= 0.6 is 0 Å². The van der Waals surface area contributed by atoms with Crippen LogP contribution in [-0.4, -0.2) is 48.5 Å². The number of amides is 1. The average Bonchev–Trinajstić information content (AvgIpc) is 2.60. The van der Waals surface area contributed by atoms with E-state index < -0.39 is 0 Å². The number of methoxy groups -OCH3 is 1. The molecule has 1 aromatic heterocycles. The number of piperidine rings is 1. The summed E-state index contributed by atoms with van der Waals surface area (Å²) < 4.78 is 4.82. The van der Waals surface area contributed by atoms with Gasteiger partial charge in [-0.25, -0.2) is 0 Å². The normalized spacial score (nSPS) is 21.1. The highest BCUT2D eigenvalue weighted by molar-refractivity contribution is 5.96. The first-order valence-electron chi connectivity index (χ1n) is 7.74. The summed E-state index contributed by atoms with van der Waals surface area (Å²) in [4.78, 5) is 30.5. The number of aromatic nitrogens is 1. The zero-order valence-electron chi connectivity index (χ0n) is 12.8. The second kappa shape index (κ2) is 6.44. The summed E-state index contributed by atoms with van der Waals surface area (Å²) >= 11 is 0. The number of nitrogens with zero attached hydrogens (tertiary/aromatic N) is 2. The third-order valence-electron chi connectivity index (χ3n) is 4.49. The number of ether oxygens (including phenoxy) is 1. The van der Waals surface area contributed by atoms with Crippen LogP contribution in [0.2, 0.25) is 0 Å². The summed E-state index contributed by atoms with van der Waals surface area (Å²) in [5.41, 5.74) is 2.88. The highest BCUT2D eigenvalue weighted by Gasteiger charge is 2.31. The Morgan fingerprint density at radius 3 is 3.09 bits per heavy atom. The van der Waals surface area contributed by atoms with Gasteiger partial charge < -0.3 is 15.0 Å². The number of esters is 1. The van der Waals surface area contributed by atoms with Gasteiger partial charge in [-0.15, -0.1) is 0 Å². The molecule has 0 bridgehead atoms. The van der Waals surface area contributed by atoms with Crippen LogP contribution in [0.4, 0.5) is 0 Å². The largest absolute Gasteiger partial charge is 0.469 e. The van der Waals surface area contributed by atoms with Gasteiger partial charge in [0.2, 0.25) is 0 Å². The predicted molar refractivity (Wildman–Crippen MR) is 80.3 cm³/mol. The van der Waals surface area contributed by atoms with Crippen molar-refractivity contribution >= 4 is 11.9 Å². The molecular formula is C16H21N3O3. The summed E-state index contributed by atoms with van der Waals surface area (Å²) in [5.74, 6) is -0.452. The van der Waals surface area contributed by atoms with Gasteiger partial charge in [0.15, 0.2) is 0 Å². The van der Waals surface area contributed by atoms with Gasteiger partial charge in [0.1, 0.15) is 0 Å². The molecule has 0 spiro atoms. The van der Waals surface area contributed by atoms with E-state index in [2.05, 4.69) is 10.3 Å². The quantitative estimate of drug-likeness (QED) is 0.817. The Labute approximate surface area is 129 Å². The van der Waals surface area contributed by atoms with E-state index >= 15 is 0 Å². The number of rotatable bonds is 2. The molecule has 1 amide bonds. The first kappa shape index (κ1) is 15.0. The Morgan fingerprint density at radius 2 is 2.27 bits per heavy atom. The van der Waals surface area contributed by atoms with Gasteiger partial charge in [0, 0.05) is 32.0 Å². The Balaban J connectivity index is 1.80. The summed E-state index contributed by atoms with van der Waals surface area (Å²) in [6.07, 6.45) is 5.94. The Hall–Kier alpha value is -1.95. The Morgan fingerprint density at radius 1 is 1.41 bits per heavy atom. The van der Waals surface area contributed by atoms with Crippen LogP contribution in [0.1, 0.15) is 34.3 Å². The van der Waals surface area contributed by atoms with E-state index in [-0.39, 0.29) is 17.8 Å². The molecule has 6 heteroatoms. The molecule has 3 rings (SSSR count). The number of carbonyl (C=O) groups excluding carboxylic acids is 2. The summed E-state index contributed by atoms with van der Waals surface area (Å²) in [6, 6.07) is 0. The number of carbonyl (C=O) groups is 2. The van der Waals surface area contributed by atoms with Crippen molar-refractivity contribution in [1.29, 1.82) is 0 Å². The number of hydrogen-bond acceptors (Lipinski definition) is 5. The average molecular weight is 303 g/mol. The highest BCUT2D eigenvalue weighted by Crippen LogP contribution is 2.23. The number of fused-ring (bicyclic) bond motifs is 1. The molecule has 0 aromatic carbocycles. The predicted octanol–water partition coefficient (Wildman–Crippen LogP) is 0.752. The molecule has 0 aliphatic carbocycles. The van der Waals surface area contributed by atoms with Crippen molar-refractivity contribution < 1.29 is 14.3 Å². The molecule has 1 aromatic rings. The maximum Gasteiger partial charge on any atom is 0.310 e. The molecule has 22 heavy (non-hydrogen) atoms. The maximum absolute atomic E-state index is 12.8. The lowest BCUT2D eigenvalue weighted by atomic mass is 9.94. The zero-order chi connectivity index (χ0) is 15.5. The van der Waals surface area contributed by atoms with Crippen molar-refractivity contribution in [1.82, 2.24) is 15.2 Å². The standard InChI is InChI=1S/C16H21N3O3/c1-22-16(21)11-3-2-6-19(10-11)15(20)14-9-18-8-12-7-17-5-4-13(12)14/h8-9,11,17H,2-7,10H2,1H3. The minimum absolute atomic E-state index is 0.0140. The number of pyridine rings is 1. The van der Waals surface area contributed by atoms with E-state index in [1.54, 1.807) is 11.1 Å². The van der Waals surface area contributed by atoms with Crippen molar-refractivity contribution in [3.63, 3.8) is 0 Å². The molecule has 118 valence electrons. The van der Waals surface area contributed by atoms with Crippen LogP contribution < -0.4 is 5.32 Å². The van der Waals surface area contributed by atoms with E-state index in [9.17, 15) is 9.59 Å². The Bertz CT molecular complexity index is 588. The monoisotopic (exact) mass is 303 g/mol. The molecule has 1 unspecified atom stereocenters. The van der Waals surface area contributed by atoms with E-state index in [0.717, 1.165) is 43.5 Å². The SMILES string of the molecule is COC(=O)C1CCCN(C(=O)c2cncc3c2CCNC3)C1. The number of likely N-dealkylation sites (tertiary alicyclic amines) is 1. The fourth-order valence-corrected chi connectivity index (χ4v) is 3.29. The van der Waals surface area contributed by atoms with Gasteiger partial charge in [-0.3, -0.25) is 14.6 Å². The lowest BCUT2D eigenvalue weighted by Crippen LogP contribution is -2.43. The molecule has 3 heterocycles. The first-order chi connectivity index (χ1) is 10.7. The summed E-state index contributed by atoms with van der Waals surface area (Å²) in [5, 5.41) is 3.29. The van der Waals surface area contributed by atoms with Crippen LogP contribution in [0.25, 0.3) is 0 Å². The Kier molecular flexibility index (Phi) is 4.38. The molecule has 2 aliphatic heterocycles. The van der Waals surface area contributed by atoms with E-state index in [1.165, 1.54) is 7.11 Å². The number of hydrogen-bond donors (Lipinski definition) is 1. The topological polar surface area (TPSA) is 71.5 Å². The van der Waals surface area contributed by atoms with Gasteiger partial charge in [-0.1, -0.05) is 0 Å². The van der Waals surface area contributed by atoms with Crippen LogP contribution in [-0.2, 0) is 22.5 Å². The van der Waals surface area contributed by atoms with Crippen LogP contribution in [0.3, 0.4) is 0 Å². The van der Waals surface area contributed by atoms with Gasteiger partial charge in [0.25, 0.3) is 5.91 Å². The molecular weight excluding hydrogens is 282 g/mol. The lowest BCUT2D eigenvalue weighted by Gasteiger charge is -2.32. The number of nitrogens with one attached hydrogen (secondary N) is 1. The second-order valence-electron chi connectivity index (χ2n) is 5.86. The molecule has 0 saturated carbocycles. The molecule has 0 radical (unpaired) electrons. The van der Waals surface area contributed by atoms with Crippen LogP contribution in [0.15, 0.2) is 12.4 Å². The molecule has 1 fully saturated rings. The zero-order valence-corrected chi connectivity index (χ0v) is 12.8. The van der Waals surface area contributed by atoms with Crippen molar-refractivity contribution in [3.8, 4) is 0 Å². The lowest BCUT2D eigenvalue weighted by molar-refractivity contribution is -0.146. The first-order valence-corrected chi connectivity index (χ1v) is 7.74. The summed E-state index contributed by atoms with van der Waals surface area (Å²) in [6.45, 7) is 2.76. The molecule has 1 saturated heterocycles. The molecule has 1 N–H and O–H groups in total. The fourth-order valence-electron chi connectivity index (χ4n) is 3.29. The molecule has 6 nitrogen and oxygen atoms in total. The molecule has 2 aliphatic rings. The van der Waals surface area contributed by atoms with E-state index in [1.807, 2.05) is 6.20 Å². The van der Waals surface area contributed by atoms with Crippen molar-refractivity contribution in [2.75, 3.05) is 26.7 Å². The van der Waals surface area contributed by atoms with Crippen LogP contribution in [0.5, 0.6) is 0 Å². The fraction of sp³-hybridized carbons (Fsp3) is 0.562. The second-order valence-corrected chi connectivity index (χ2v) is 5.86. The minimum atomic E-state index is -0.227. The third-order valence-corrected chi connectivity index (χ3v) is 4.49. The van der Waals surface area contributed by atoms with Crippen molar-refractivity contribution in [3.05, 3.63) is 29.1 Å². The third kappa shape index (κ3) is 2.83.